The van der Waals surface area contributed by atoms with Gasteiger partial charge in [0.15, 0.2) is 5.78 Å². The first kappa shape index (κ1) is 18.7. The number of thioether (sulfide) groups is 1. The van der Waals surface area contributed by atoms with Gasteiger partial charge in [-0.3, -0.25) is 9.69 Å². The fraction of sp³-hybridized carbons (Fsp3) is 0.333. The van der Waals surface area contributed by atoms with Crippen LogP contribution in [-0.4, -0.2) is 47.9 Å². The van der Waals surface area contributed by atoms with Gasteiger partial charge in [-0.2, -0.15) is 11.8 Å². The normalized spacial score (nSPS) is 14.8. The van der Waals surface area contributed by atoms with E-state index in [1.54, 1.807) is 31.2 Å². The molecule has 1 aliphatic rings. The zero-order valence-electron chi connectivity index (χ0n) is 14.9. The van der Waals surface area contributed by atoms with Crippen LogP contribution >= 0.6 is 11.8 Å². The predicted octanol–water partition coefficient (Wildman–Crippen LogP) is 3.64. The number of ketones is 1. The second-order valence-electron chi connectivity index (χ2n) is 6.14. The Morgan fingerprint density at radius 1 is 0.962 bits per heavy atom. The van der Waals surface area contributed by atoms with Crippen molar-refractivity contribution in [1.82, 2.24) is 4.90 Å². The van der Waals surface area contributed by atoms with Crippen molar-refractivity contribution in [1.29, 1.82) is 0 Å². The predicted molar refractivity (Wildman–Crippen MR) is 105 cm³/mol. The fourth-order valence-corrected chi connectivity index (χ4v) is 4.07. The van der Waals surface area contributed by atoms with Gasteiger partial charge >= 0.3 is 5.97 Å². The van der Waals surface area contributed by atoms with E-state index in [9.17, 15) is 9.59 Å². The Labute approximate surface area is 158 Å². The molecule has 2 aromatic rings. The molecule has 0 atom stereocenters. The van der Waals surface area contributed by atoms with Crippen molar-refractivity contribution < 1.29 is 14.3 Å². The number of esters is 1. The molecule has 136 valence electrons. The number of nitrogens with zero attached hydrogens (tertiary/aromatic N) is 1. The first-order chi connectivity index (χ1) is 12.7. The lowest BCUT2D eigenvalue weighted by Crippen LogP contribution is -2.32. The Hall–Kier alpha value is -2.11. The number of carbonyl (C=O) groups is 2. The number of rotatable bonds is 6. The van der Waals surface area contributed by atoms with Gasteiger partial charge < -0.3 is 4.74 Å². The largest absolute Gasteiger partial charge is 0.462 e. The maximum Gasteiger partial charge on any atom is 0.338 e. The minimum absolute atomic E-state index is 0.129. The standard InChI is InChI=1S/C21H23NO3S/c1-2-25-21(24)19-10-6-5-9-18(19)20(23)17-8-4-3-7-16(17)15-22-11-13-26-14-12-22/h3-10H,2,11-15H2,1H3. The molecular formula is C21H23NO3S. The average molecular weight is 369 g/mol. The maximum atomic E-state index is 13.2. The van der Waals surface area contributed by atoms with Gasteiger partial charge in [0.25, 0.3) is 0 Å². The van der Waals surface area contributed by atoms with E-state index in [-0.39, 0.29) is 12.4 Å². The summed E-state index contributed by atoms with van der Waals surface area (Å²) in [6.07, 6.45) is 0. The van der Waals surface area contributed by atoms with E-state index in [4.69, 9.17) is 4.74 Å². The van der Waals surface area contributed by atoms with E-state index in [1.807, 2.05) is 36.0 Å². The molecular weight excluding hydrogens is 346 g/mol. The third-order valence-electron chi connectivity index (χ3n) is 4.43. The van der Waals surface area contributed by atoms with Crippen molar-refractivity contribution in [2.45, 2.75) is 13.5 Å². The molecule has 1 saturated heterocycles. The van der Waals surface area contributed by atoms with Crippen molar-refractivity contribution in [2.75, 3.05) is 31.2 Å². The smallest absolute Gasteiger partial charge is 0.338 e. The lowest BCUT2D eigenvalue weighted by atomic mass is 9.94. The Morgan fingerprint density at radius 2 is 1.58 bits per heavy atom. The summed E-state index contributed by atoms with van der Waals surface area (Å²) in [6, 6.07) is 14.6. The number of ether oxygens (including phenoxy) is 1. The monoisotopic (exact) mass is 369 g/mol. The molecule has 0 saturated carbocycles. The van der Waals surface area contributed by atoms with E-state index in [0.717, 1.165) is 36.7 Å². The highest BCUT2D eigenvalue weighted by atomic mass is 32.2. The molecule has 3 rings (SSSR count). The Balaban J connectivity index is 1.90. The Morgan fingerprint density at radius 3 is 2.27 bits per heavy atom. The van der Waals surface area contributed by atoms with Crippen molar-refractivity contribution in [2.24, 2.45) is 0 Å². The first-order valence-electron chi connectivity index (χ1n) is 8.89. The summed E-state index contributed by atoms with van der Waals surface area (Å²) < 4.78 is 5.10. The highest BCUT2D eigenvalue weighted by molar-refractivity contribution is 7.99. The lowest BCUT2D eigenvalue weighted by Gasteiger charge is -2.26. The Kier molecular flexibility index (Phi) is 6.47. The minimum Gasteiger partial charge on any atom is -0.462 e. The quantitative estimate of drug-likeness (QED) is 0.575. The molecule has 0 unspecified atom stereocenters. The minimum atomic E-state index is -0.456. The van der Waals surface area contributed by atoms with Crippen LogP contribution in [-0.2, 0) is 11.3 Å². The van der Waals surface area contributed by atoms with Crippen LogP contribution in [0.4, 0.5) is 0 Å². The molecule has 2 aromatic carbocycles. The van der Waals surface area contributed by atoms with Crippen molar-refractivity contribution >= 4 is 23.5 Å². The molecule has 0 radical (unpaired) electrons. The van der Waals surface area contributed by atoms with Crippen LogP contribution in [0, 0.1) is 0 Å². The zero-order chi connectivity index (χ0) is 18.4. The Bertz CT molecular complexity index is 784. The first-order valence-corrected chi connectivity index (χ1v) is 10.0. The van der Waals surface area contributed by atoms with Crippen LogP contribution in [0.2, 0.25) is 0 Å². The van der Waals surface area contributed by atoms with E-state index in [0.29, 0.717) is 16.7 Å². The van der Waals surface area contributed by atoms with Crippen LogP contribution < -0.4 is 0 Å². The summed E-state index contributed by atoms with van der Waals surface area (Å²) in [4.78, 5) is 27.8. The van der Waals surface area contributed by atoms with E-state index < -0.39 is 5.97 Å². The van der Waals surface area contributed by atoms with Crippen molar-refractivity contribution in [3.05, 3.63) is 70.8 Å². The number of hydrogen-bond acceptors (Lipinski definition) is 5. The summed E-state index contributed by atoms with van der Waals surface area (Å²) >= 11 is 1.97. The van der Waals surface area contributed by atoms with Gasteiger partial charge in [-0.25, -0.2) is 4.79 Å². The second-order valence-corrected chi connectivity index (χ2v) is 7.37. The van der Waals surface area contributed by atoms with Crippen molar-refractivity contribution in [3.8, 4) is 0 Å². The fourth-order valence-electron chi connectivity index (χ4n) is 3.09. The maximum absolute atomic E-state index is 13.2. The summed E-state index contributed by atoms with van der Waals surface area (Å²) in [7, 11) is 0. The lowest BCUT2D eigenvalue weighted by molar-refractivity contribution is 0.0523. The highest BCUT2D eigenvalue weighted by Gasteiger charge is 2.21. The van der Waals surface area contributed by atoms with Gasteiger partial charge in [0.1, 0.15) is 0 Å². The van der Waals surface area contributed by atoms with E-state index >= 15 is 0 Å². The summed E-state index contributed by atoms with van der Waals surface area (Å²) in [5.41, 5.74) is 2.38. The third kappa shape index (κ3) is 4.34. The van der Waals surface area contributed by atoms with Crippen LogP contribution in [0.1, 0.15) is 38.8 Å². The zero-order valence-corrected chi connectivity index (χ0v) is 15.8. The van der Waals surface area contributed by atoms with Crippen LogP contribution in [0.15, 0.2) is 48.5 Å². The van der Waals surface area contributed by atoms with Gasteiger partial charge in [-0.15, -0.1) is 0 Å². The van der Waals surface area contributed by atoms with Gasteiger partial charge in [0.2, 0.25) is 0 Å². The van der Waals surface area contributed by atoms with Crippen LogP contribution in [0.3, 0.4) is 0 Å². The molecule has 1 aliphatic heterocycles. The summed E-state index contributed by atoms with van der Waals surface area (Å²) in [5, 5.41) is 0. The topological polar surface area (TPSA) is 46.6 Å². The van der Waals surface area contributed by atoms with Crippen molar-refractivity contribution in [3.63, 3.8) is 0 Å². The molecule has 0 aromatic heterocycles. The molecule has 1 heterocycles. The number of hydrogen-bond donors (Lipinski definition) is 0. The molecule has 5 heteroatoms. The third-order valence-corrected chi connectivity index (χ3v) is 5.37. The summed E-state index contributed by atoms with van der Waals surface area (Å²) in [6.45, 7) is 4.86. The molecule has 1 fully saturated rings. The van der Waals surface area contributed by atoms with Crippen LogP contribution in [0.5, 0.6) is 0 Å². The molecule has 0 aliphatic carbocycles. The van der Waals surface area contributed by atoms with E-state index in [2.05, 4.69) is 4.90 Å². The molecule has 0 N–H and O–H groups in total. The van der Waals surface area contributed by atoms with Gasteiger partial charge in [0.05, 0.1) is 12.2 Å². The second kappa shape index (κ2) is 9.01. The molecule has 0 amide bonds. The number of carbonyl (C=O) groups excluding carboxylic acids is 2. The average Bonchev–Trinajstić information content (AvgIpc) is 2.69. The molecule has 4 nitrogen and oxygen atoms in total. The molecule has 26 heavy (non-hydrogen) atoms. The number of benzene rings is 2. The molecule has 0 spiro atoms. The van der Waals surface area contributed by atoms with E-state index in [1.165, 1.54) is 0 Å². The van der Waals surface area contributed by atoms with Gasteiger partial charge in [-0.1, -0.05) is 42.5 Å². The van der Waals surface area contributed by atoms with Crippen LogP contribution in [0.25, 0.3) is 0 Å². The SMILES string of the molecule is CCOC(=O)c1ccccc1C(=O)c1ccccc1CN1CCSCC1. The van der Waals surface area contributed by atoms with Gasteiger partial charge in [0, 0.05) is 42.3 Å². The highest BCUT2D eigenvalue weighted by Crippen LogP contribution is 2.21. The van der Waals surface area contributed by atoms with Gasteiger partial charge in [-0.05, 0) is 18.6 Å². The summed E-state index contributed by atoms with van der Waals surface area (Å²) in [5.74, 6) is 1.67. The molecule has 0 bridgehead atoms.